The highest BCUT2D eigenvalue weighted by molar-refractivity contribution is 7.99. The lowest BCUT2D eigenvalue weighted by Gasteiger charge is -2.17. The SMILES string of the molecule is COc1ccc2c(c1)c1nc3n(c(=O)c1n2Cc1ccccc1F)CCCS3. The van der Waals surface area contributed by atoms with E-state index in [0.717, 1.165) is 28.2 Å². The van der Waals surface area contributed by atoms with Crippen LogP contribution < -0.4 is 10.3 Å². The Labute approximate surface area is 164 Å². The van der Waals surface area contributed by atoms with Crippen molar-refractivity contribution in [3.63, 3.8) is 0 Å². The zero-order chi connectivity index (χ0) is 19.3. The van der Waals surface area contributed by atoms with Crippen LogP contribution in [0.4, 0.5) is 4.39 Å². The molecule has 5 nitrogen and oxygen atoms in total. The lowest BCUT2D eigenvalue weighted by molar-refractivity contribution is 0.415. The topological polar surface area (TPSA) is 49.1 Å². The zero-order valence-electron chi connectivity index (χ0n) is 15.3. The maximum Gasteiger partial charge on any atom is 0.278 e. The Bertz CT molecular complexity index is 1280. The minimum absolute atomic E-state index is 0.0706. The summed E-state index contributed by atoms with van der Waals surface area (Å²) in [5, 5.41) is 1.59. The highest BCUT2D eigenvalue weighted by Gasteiger charge is 2.22. The van der Waals surface area contributed by atoms with Crippen molar-refractivity contribution < 1.29 is 9.13 Å². The van der Waals surface area contributed by atoms with Gasteiger partial charge in [-0.25, -0.2) is 9.37 Å². The molecule has 2 aromatic heterocycles. The van der Waals surface area contributed by atoms with Crippen LogP contribution in [0.3, 0.4) is 0 Å². The number of hydrogen-bond donors (Lipinski definition) is 0. The fourth-order valence-corrected chi connectivity index (χ4v) is 4.74. The van der Waals surface area contributed by atoms with Crippen molar-refractivity contribution in [3.8, 4) is 5.75 Å². The smallest absolute Gasteiger partial charge is 0.278 e. The van der Waals surface area contributed by atoms with Crippen LogP contribution in [0, 0.1) is 5.82 Å². The number of methoxy groups -OCH3 is 1. The third-order valence-corrected chi connectivity index (χ3v) is 6.24. The van der Waals surface area contributed by atoms with Gasteiger partial charge in [0.25, 0.3) is 5.56 Å². The molecule has 0 bridgehead atoms. The molecule has 2 aromatic carbocycles. The molecule has 1 aliphatic heterocycles. The molecular formula is C21H18FN3O2S. The maximum absolute atomic E-state index is 14.3. The Morgan fingerprint density at radius 3 is 2.93 bits per heavy atom. The quantitative estimate of drug-likeness (QED) is 0.491. The molecule has 1 aliphatic rings. The fourth-order valence-electron chi connectivity index (χ4n) is 3.80. The van der Waals surface area contributed by atoms with E-state index in [1.807, 2.05) is 22.8 Å². The van der Waals surface area contributed by atoms with Gasteiger partial charge in [-0.2, -0.15) is 0 Å². The second kappa shape index (κ2) is 6.67. The molecule has 0 saturated heterocycles. The summed E-state index contributed by atoms with van der Waals surface area (Å²) in [6.45, 7) is 0.928. The van der Waals surface area contributed by atoms with Gasteiger partial charge in [-0.05, 0) is 30.7 Å². The van der Waals surface area contributed by atoms with Crippen LogP contribution in [0.5, 0.6) is 5.75 Å². The standard InChI is InChI=1S/C21H18FN3O2S/c1-27-14-7-8-17-15(11-14)18-19(20(26)24-9-4-10-28-21(24)23-18)25(17)12-13-5-2-3-6-16(13)22/h2-3,5-8,11H,4,9-10,12H2,1H3. The van der Waals surface area contributed by atoms with E-state index < -0.39 is 0 Å². The monoisotopic (exact) mass is 395 g/mol. The Balaban J connectivity index is 1.86. The number of halogens is 1. The average Bonchev–Trinajstić information content (AvgIpc) is 3.03. The van der Waals surface area contributed by atoms with E-state index in [-0.39, 0.29) is 17.9 Å². The van der Waals surface area contributed by atoms with Gasteiger partial charge in [0.15, 0.2) is 5.16 Å². The molecule has 0 N–H and O–H groups in total. The third kappa shape index (κ3) is 2.61. The number of aromatic nitrogens is 3. The van der Waals surface area contributed by atoms with Crippen molar-refractivity contribution in [2.75, 3.05) is 12.9 Å². The molecule has 5 rings (SSSR count). The van der Waals surface area contributed by atoms with Gasteiger partial charge in [-0.3, -0.25) is 9.36 Å². The van der Waals surface area contributed by atoms with Gasteiger partial charge >= 0.3 is 0 Å². The Kier molecular flexibility index (Phi) is 4.12. The van der Waals surface area contributed by atoms with Gasteiger partial charge in [0, 0.05) is 23.2 Å². The van der Waals surface area contributed by atoms with E-state index in [1.165, 1.54) is 6.07 Å². The van der Waals surface area contributed by atoms with Crippen LogP contribution >= 0.6 is 11.8 Å². The second-order valence-corrected chi connectivity index (χ2v) is 7.87. The molecule has 0 amide bonds. The normalized spacial score (nSPS) is 13.8. The van der Waals surface area contributed by atoms with Crippen LogP contribution in [0.15, 0.2) is 52.4 Å². The first kappa shape index (κ1) is 17.3. The molecule has 0 aliphatic carbocycles. The van der Waals surface area contributed by atoms with Gasteiger partial charge in [0.1, 0.15) is 22.6 Å². The van der Waals surface area contributed by atoms with Crippen LogP contribution in [0.1, 0.15) is 12.0 Å². The number of fused-ring (bicyclic) bond motifs is 4. The molecule has 28 heavy (non-hydrogen) atoms. The third-order valence-electron chi connectivity index (χ3n) is 5.17. The van der Waals surface area contributed by atoms with Gasteiger partial charge in [-0.1, -0.05) is 30.0 Å². The van der Waals surface area contributed by atoms with E-state index >= 15 is 0 Å². The van der Waals surface area contributed by atoms with Crippen molar-refractivity contribution >= 4 is 33.7 Å². The van der Waals surface area contributed by atoms with Crippen molar-refractivity contribution in [2.24, 2.45) is 0 Å². The number of ether oxygens (including phenoxy) is 1. The second-order valence-electron chi connectivity index (χ2n) is 6.81. The van der Waals surface area contributed by atoms with Crippen molar-refractivity contribution in [2.45, 2.75) is 24.7 Å². The number of thioether (sulfide) groups is 1. The highest BCUT2D eigenvalue weighted by Crippen LogP contribution is 2.32. The number of rotatable bonds is 3. The first-order valence-corrected chi connectivity index (χ1v) is 10.1. The average molecular weight is 395 g/mol. The summed E-state index contributed by atoms with van der Waals surface area (Å²) in [5.74, 6) is 1.37. The Morgan fingerprint density at radius 2 is 2.11 bits per heavy atom. The van der Waals surface area contributed by atoms with Gasteiger partial charge in [0.05, 0.1) is 19.2 Å². The molecule has 4 aromatic rings. The minimum Gasteiger partial charge on any atom is -0.497 e. The Hall–Kier alpha value is -2.80. The Morgan fingerprint density at radius 1 is 1.25 bits per heavy atom. The lowest BCUT2D eigenvalue weighted by atomic mass is 10.2. The molecule has 0 saturated carbocycles. The van der Waals surface area contributed by atoms with Crippen LogP contribution in [0.2, 0.25) is 0 Å². The summed E-state index contributed by atoms with van der Waals surface area (Å²) < 4.78 is 23.3. The van der Waals surface area contributed by atoms with Gasteiger partial charge in [0.2, 0.25) is 0 Å². The molecule has 0 spiro atoms. The molecule has 0 fully saturated rings. The highest BCUT2D eigenvalue weighted by atomic mass is 32.2. The summed E-state index contributed by atoms with van der Waals surface area (Å²) in [6.07, 6.45) is 0.937. The first-order valence-electron chi connectivity index (χ1n) is 9.14. The van der Waals surface area contributed by atoms with E-state index in [2.05, 4.69) is 0 Å². The van der Waals surface area contributed by atoms with Gasteiger partial charge < -0.3 is 9.30 Å². The first-order chi connectivity index (χ1) is 13.7. The van der Waals surface area contributed by atoms with Crippen LogP contribution in [-0.4, -0.2) is 27.0 Å². The minimum atomic E-state index is -0.285. The van der Waals surface area contributed by atoms with Crippen LogP contribution in [-0.2, 0) is 13.1 Å². The summed E-state index contributed by atoms with van der Waals surface area (Å²) >= 11 is 1.60. The van der Waals surface area contributed by atoms with Crippen LogP contribution in [0.25, 0.3) is 21.9 Å². The lowest BCUT2D eigenvalue weighted by Crippen LogP contribution is -2.27. The number of benzene rings is 2. The largest absolute Gasteiger partial charge is 0.497 e. The van der Waals surface area contributed by atoms with E-state index in [9.17, 15) is 9.18 Å². The van der Waals surface area contributed by atoms with Crippen molar-refractivity contribution in [1.82, 2.24) is 14.1 Å². The molecule has 0 unspecified atom stereocenters. The van der Waals surface area contributed by atoms with E-state index in [1.54, 1.807) is 41.6 Å². The number of nitrogens with zero attached hydrogens (tertiary/aromatic N) is 3. The zero-order valence-corrected chi connectivity index (χ0v) is 16.1. The molecule has 0 radical (unpaired) electrons. The van der Waals surface area contributed by atoms with Gasteiger partial charge in [-0.15, -0.1) is 0 Å². The van der Waals surface area contributed by atoms with E-state index in [0.29, 0.717) is 28.9 Å². The van der Waals surface area contributed by atoms with E-state index in [4.69, 9.17) is 9.72 Å². The molecule has 7 heteroatoms. The molecule has 142 valence electrons. The molecule has 3 heterocycles. The van der Waals surface area contributed by atoms with Crippen molar-refractivity contribution in [3.05, 3.63) is 64.2 Å². The summed E-state index contributed by atoms with van der Waals surface area (Å²) in [5.41, 5.74) is 2.47. The summed E-state index contributed by atoms with van der Waals surface area (Å²) in [6, 6.07) is 12.3. The van der Waals surface area contributed by atoms with Crippen molar-refractivity contribution in [1.29, 1.82) is 0 Å². The maximum atomic E-state index is 14.3. The molecule has 0 atom stereocenters. The predicted molar refractivity (Wildman–Crippen MR) is 109 cm³/mol. The summed E-state index contributed by atoms with van der Waals surface area (Å²) in [7, 11) is 1.61. The fraction of sp³-hybridized carbons (Fsp3) is 0.238. The predicted octanol–water partition coefficient (Wildman–Crippen LogP) is 4.04. The number of hydrogen-bond acceptors (Lipinski definition) is 4. The molecular weight excluding hydrogens is 377 g/mol. The summed E-state index contributed by atoms with van der Waals surface area (Å²) in [4.78, 5) is 18.2.